The van der Waals surface area contributed by atoms with Crippen molar-refractivity contribution in [1.82, 2.24) is 10.2 Å². The number of benzene rings is 1. The van der Waals surface area contributed by atoms with E-state index in [1.54, 1.807) is 0 Å². The molecule has 10 heteroatoms. The summed E-state index contributed by atoms with van der Waals surface area (Å²) in [6, 6.07) is 0.334. The molecular formula is C14H16ClF7N2. The van der Waals surface area contributed by atoms with E-state index in [1.165, 1.54) is 4.90 Å². The van der Waals surface area contributed by atoms with Crippen LogP contribution in [0.2, 0.25) is 0 Å². The Morgan fingerprint density at radius 3 is 2.08 bits per heavy atom. The zero-order valence-electron chi connectivity index (χ0n) is 12.3. The van der Waals surface area contributed by atoms with Gasteiger partial charge in [0, 0.05) is 37.8 Å². The van der Waals surface area contributed by atoms with Crippen LogP contribution < -0.4 is 5.32 Å². The lowest BCUT2D eigenvalue weighted by molar-refractivity contribution is -0.149. The molecule has 2 nitrogen and oxygen atoms in total. The van der Waals surface area contributed by atoms with Gasteiger partial charge in [0.05, 0.1) is 12.0 Å². The van der Waals surface area contributed by atoms with Gasteiger partial charge in [-0.05, 0) is 12.1 Å². The summed E-state index contributed by atoms with van der Waals surface area (Å²) in [6.07, 6.45) is -10.6. The molecule has 1 N–H and O–H groups in total. The van der Waals surface area contributed by atoms with Crippen molar-refractivity contribution in [2.75, 3.05) is 26.2 Å². The second-order valence-electron chi connectivity index (χ2n) is 5.36. The number of hydrogen-bond donors (Lipinski definition) is 1. The van der Waals surface area contributed by atoms with E-state index in [2.05, 4.69) is 5.32 Å². The van der Waals surface area contributed by atoms with Gasteiger partial charge in [0.25, 0.3) is 0 Å². The van der Waals surface area contributed by atoms with Gasteiger partial charge < -0.3 is 5.32 Å². The van der Waals surface area contributed by atoms with Gasteiger partial charge in [0.1, 0.15) is 5.82 Å². The first-order chi connectivity index (χ1) is 10.6. The highest BCUT2D eigenvalue weighted by molar-refractivity contribution is 5.85. The van der Waals surface area contributed by atoms with E-state index in [4.69, 9.17) is 0 Å². The van der Waals surface area contributed by atoms with Gasteiger partial charge in [-0.2, -0.15) is 26.3 Å². The highest BCUT2D eigenvalue weighted by Gasteiger charge is 2.38. The monoisotopic (exact) mass is 380 g/mol. The molecule has 1 saturated heterocycles. The fraction of sp³-hybridized carbons (Fsp3) is 0.571. The molecule has 2 rings (SSSR count). The Labute approximate surface area is 140 Å². The lowest BCUT2D eigenvalue weighted by Crippen LogP contribution is -2.46. The van der Waals surface area contributed by atoms with E-state index in [0.717, 1.165) is 6.07 Å². The Hall–Kier alpha value is -1.06. The molecule has 0 spiro atoms. The smallest absolute Gasteiger partial charge is 0.314 e. The van der Waals surface area contributed by atoms with Crippen molar-refractivity contribution >= 4 is 12.4 Å². The van der Waals surface area contributed by atoms with Gasteiger partial charge in [0.15, 0.2) is 0 Å². The minimum atomic E-state index is -4.74. The number of rotatable bonds is 3. The average Bonchev–Trinajstić information content (AvgIpc) is 2.44. The van der Waals surface area contributed by atoms with Crippen LogP contribution in [0.3, 0.4) is 0 Å². The number of nitrogens with one attached hydrogen (secondary N) is 1. The molecule has 138 valence electrons. The SMILES string of the molecule is Cl.Fc1cc(C(F)(F)F)ccc1[C@H](CC(F)(F)F)N1CCNCC1. The molecule has 0 bridgehead atoms. The van der Waals surface area contributed by atoms with E-state index in [0.29, 0.717) is 19.2 Å². The molecule has 1 atom stereocenters. The molecule has 24 heavy (non-hydrogen) atoms. The van der Waals surface area contributed by atoms with Gasteiger partial charge >= 0.3 is 12.4 Å². The third kappa shape index (κ3) is 5.49. The Morgan fingerprint density at radius 2 is 1.62 bits per heavy atom. The summed E-state index contributed by atoms with van der Waals surface area (Å²) in [4.78, 5) is 1.44. The van der Waals surface area contributed by atoms with Crippen molar-refractivity contribution < 1.29 is 30.7 Å². The average molecular weight is 381 g/mol. The van der Waals surface area contributed by atoms with Crippen LogP contribution in [-0.2, 0) is 6.18 Å². The van der Waals surface area contributed by atoms with E-state index >= 15 is 0 Å². The van der Waals surface area contributed by atoms with Crippen molar-refractivity contribution in [3.63, 3.8) is 0 Å². The van der Waals surface area contributed by atoms with Crippen LogP contribution in [0.1, 0.15) is 23.6 Å². The normalized spacial score (nSPS) is 18.1. The topological polar surface area (TPSA) is 15.3 Å². The fourth-order valence-electron chi connectivity index (χ4n) is 2.62. The van der Waals surface area contributed by atoms with Crippen LogP contribution >= 0.6 is 12.4 Å². The van der Waals surface area contributed by atoms with E-state index < -0.39 is 36.2 Å². The maximum atomic E-state index is 14.1. The molecular weight excluding hydrogens is 365 g/mol. The molecule has 1 fully saturated rings. The Bertz CT molecular complexity index is 539. The molecule has 0 unspecified atom stereocenters. The Kier molecular flexibility index (Phi) is 6.89. The van der Waals surface area contributed by atoms with E-state index in [-0.39, 0.29) is 37.1 Å². The van der Waals surface area contributed by atoms with Crippen LogP contribution in [0.4, 0.5) is 30.7 Å². The number of alkyl halides is 6. The first-order valence-corrected chi connectivity index (χ1v) is 6.96. The predicted molar refractivity (Wildman–Crippen MR) is 76.5 cm³/mol. The second kappa shape index (κ2) is 7.88. The summed E-state index contributed by atoms with van der Waals surface area (Å²) in [5.41, 5.74) is -1.58. The van der Waals surface area contributed by atoms with E-state index in [1.807, 2.05) is 0 Å². The minimum Gasteiger partial charge on any atom is -0.314 e. The van der Waals surface area contributed by atoms with Crippen LogP contribution in [0.5, 0.6) is 0 Å². The number of piperazine rings is 1. The first kappa shape index (κ1) is 21.0. The third-order valence-electron chi connectivity index (χ3n) is 3.70. The van der Waals surface area contributed by atoms with Crippen molar-refractivity contribution in [2.24, 2.45) is 0 Å². The second-order valence-corrected chi connectivity index (χ2v) is 5.36. The molecule has 1 heterocycles. The van der Waals surface area contributed by atoms with Gasteiger partial charge in [-0.1, -0.05) is 6.07 Å². The molecule has 1 aromatic rings. The summed E-state index contributed by atoms with van der Waals surface area (Å²) in [5, 5.41) is 2.96. The fourth-order valence-corrected chi connectivity index (χ4v) is 2.62. The maximum absolute atomic E-state index is 14.1. The maximum Gasteiger partial charge on any atom is 0.416 e. The zero-order chi connectivity index (χ0) is 17.3. The largest absolute Gasteiger partial charge is 0.416 e. The van der Waals surface area contributed by atoms with Gasteiger partial charge in [-0.3, -0.25) is 4.90 Å². The zero-order valence-corrected chi connectivity index (χ0v) is 13.2. The number of nitrogens with zero attached hydrogens (tertiary/aromatic N) is 1. The number of hydrogen-bond acceptors (Lipinski definition) is 2. The molecule has 0 saturated carbocycles. The summed E-state index contributed by atoms with van der Waals surface area (Å²) >= 11 is 0. The lowest BCUT2D eigenvalue weighted by atomic mass is 9.98. The summed E-state index contributed by atoms with van der Waals surface area (Å²) in [5.74, 6) is -1.27. The van der Waals surface area contributed by atoms with Crippen molar-refractivity contribution in [3.8, 4) is 0 Å². The lowest BCUT2D eigenvalue weighted by Gasteiger charge is -2.35. The minimum absolute atomic E-state index is 0. The Morgan fingerprint density at radius 1 is 1.04 bits per heavy atom. The highest BCUT2D eigenvalue weighted by Crippen LogP contribution is 2.37. The van der Waals surface area contributed by atoms with Crippen molar-refractivity contribution in [2.45, 2.75) is 24.8 Å². The van der Waals surface area contributed by atoms with Gasteiger partial charge in [-0.15, -0.1) is 12.4 Å². The molecule has 0 amide bonds. The quantitative estimate of drug-likeness (QED) is 0.792. The van der Waals surface area contributed by atoms with Crippen molar-refractivity contribution in [1.29, 1.82) is 0 Å². The highest BCUT2D eigenvalue weighted by atomic mass is 35.5. The molecule has 0 radical (unpaired) electrons. The van der Waals surface area contributed by atoms with Crippen LogP contribution in [0.25, 0.3) is 0 Å². The molecule has 1 aliphatic heterocycles. The van der Waals surface area contributed by atoms with Gasteiger partial charge in [0.2, 0.25) is 0 Å². The molecule has 0 aromatic heterocycles. The molecule has 0 aliphatic carbocycles. The Balaban J connectivity index is 0.00000288. The molecule has 1 aromatic carbocycles. The molecule has 1 aliphatic rings. The van der Waals surface area contributed by atoms with Crippen LogP contribution in [0, 0.1) is 5.82 Å². The van der Waals surface area contributed by atoms with Crippen LogP contribution in [0.15, 0.2) is 18.2 Å². The van der Waals surface area contributed by atoms with Gasteiger partial charge in [-0.25, -0.2) is 4.39 Å². The summed E-state index contributed by atoms with van der Waals surface area (Å²) in [6.45, 7) is 1.41. The van der Waals surface area contributed by atoms with E-state index in [9.17, 15) is 30.7 Å². The standard InChI is InChI=1S/C14H15F7N2.ClH/c15-11-7-9(14(19,20)21)1-2-10(11)12(8-13(16,17)18)23-5-3-22-4-6-23;/h1-2,7,12,22H,3-6,8H2;1H/t12-;/m0./s1. The summed E-state index contributed by atoms with van der Waals surface area (Å²) in [7, 11) is 0. The van der Waals surface area contributed by atoms with Crippen LogP contribution in [-0.4, -0.2) is 37.3 Å². The first-order valence-electron chi connectivity index (χ1n) is 6.96. The third-order valence-corrected chi connectivity index (χ3v) is 3.70. The summed E-state index contributed by atoms with van der Waals surface area (Å²) < 4.78 is 90.1. The number of halogens is 8. The predicted octanol–water partition coefficient (Wildman–Crippen LogP) is 4.17. The van der Waals surface area contributed by atoms with Crippen molar-refractivity contribution in [3.05, 3.63) is 35.1 Å².